The van der Waals surface area contributed by atoms with Crippen molar-refractivity contribution in [2.24, 2.45) is 0 Å². The van der Waals surface area contributed by atoms with Gasteiger partial charge in [0, 0.05) is 28.8 Å². The Hall–Kier alpha value is -0.890. The van der Waals surface area contributed by atoms with Crippen molar-refractivity contribution in [3.63, 3.8) is 0 Å². The van der Waals surface area contributed by atoms with Crippen LogP contribution in [0.25, 0.3) is 0 Å². The Morgan fingerprint density at radius 1 is 1.41 bits per heavy atom. The molecule has 1 aromatic rings. The van der Waals surface area contributed by atoms with Crippen LogP contribution in [0, 0.1) is 13.7 Å². The van der Waals surface area contributed by atoms with Crippen LogP contribution in [0.2, 0.25) is 0 Å². The molecular weight excluding hydrogens is 333 g/mol. The maximum atomic E-state index is 10.9. The molecule has 0 aliphatic carbocycles. The fraction of sp³-hybridized carbons (Fsp3) is 0.455. The van der Waals surface area contributed by atoms with Crippen molar-refractivity contribution in [3.05, 3.63) is 31.9 Å². The molecule has 6 heteroatoms. The molecule has 0 fully saturated rings. The standard InChI is InChI=1S/C11H16IN3O2/c1-8(2)13-5-6-14-10-4-3-9(12)7-11(10)15(16)17/h3-4,7-8,13-14H,5-6H2,1-2H3. The van der Waals surface area contributed by atoms with E-state index in [0.29, 0.717) is 18.3 Å². The molecule has 0 aromatic heterocycles. The van der Waals surface area contributed by atoms with Crippen molar-refractivity contribution >= 4 is 34.0 Å². The van der Waals surface area contributed by atoms with Gasteiger partial charge in [0.25, 0.3) is 5.69 Å². The first-order valence-electron chi connectivity index (χ1n) is 5.42. The van der Waals surface area contributed by atoms with Crippen molar-refractivity contribution in [2.45, 2.75) is 19.9 Å². The van der Waals surface area contributed by atoms with Gasteiger partial charge in [-0.3, -0.25) is 10.1 Å². The van der Waals surface area contributed by atoms with E-state index in [1.807, 2.05) is 6.07 Å². The van der Waals surface area contributed by atoms with Crippen molar-refractivity contribution in [3.8, 4) is 0 Å². The third-order valence-electron chi connectivity index (χ3n) is 2.15. The lowest BCUT2D eigenvalue weighted by molar-refractivity contribution is -0.384. The normalized spacial score (nSPS) is 10.6. The first kappa shape index (κ1) is 14.2. The SMILES string of the molecule is CC(C)NCCNc1ccc(I)cc1[N+](=O)[O-]. The number of hydrogen-bond donors (Lipinski definition) is 2. The van der Waals surface area contributed by atoms with Gasteiger partial charge in [0.2, 0.25) is 0 Å². The van der Waals surface area contributed by atoms with E-state index < -0.39 is 0 Å². The maximum absolute atomic E-state index is 10.9. The molecule has 0 unspecified atom stereocenters. The molecule has 0 saturated heterocycles. The molecule has 17 heavy (non-hydrogen) atoms. The molecular formula is C11H16IN3O2. The second kappa shape index (κ2) is 6.75. The van der Waals surface area contributed by atoms with Gasteiger partial charge in [0.05, 0.1) is 4.92 Å². The largest absolute Gasteiger partial charge is 0.378 e. The Kier molecular flexibility index (Phi) is 5.63. The summed E-state index contributed by atoms with van der Waals surface area (Å²) in [5.74, 6) is 0. The van der Waals surface area contributed by atoms with Gasteiger partial charge in [-0.05, 0) is 34.7 Å². The number of rotatable bonds is 6. The minimum Gasteiger partial charge on any atom is -0.378 e. The molecule has 0 heterocycles. The third-order valence-corrected chi connectivity index (χ3v) is 2.82. The first-order chi connectivity index (χ1) is 8.00. The molecule has 0 amide bonds. The number of nitrogens with one attached hydrogen (secondary N) is 2. The monoisotopic (exact) mass is 349 g/mol. The molecule has 0 aliphatic rings. The van der Waals surface area contributed by atoms with E-state index in [0.717, 1.165) is 10.1 Å². The Balaban J connectivity index is 2.61. The molecule has 0 aliphatic heterocycles. The minimum absolute atomic E-state index is 0.126. The van der Waals surface area contributed by atoms with Gasteiger partial charge >= 0.3 is 0 Å². The van der Waals surface area contributed by atoms with Crippen molar-refractivity contribution < 1.29 is 4.92 Å². The molecule has 1 aromatic carbocycles. The summed E-state index contributed by atoms with van der Waals surface area (Å²) >= 11 is 2.06. The molecule has 5 nitrogen and oxygen atoms in total. The van der Waals surface area contributed by atoms with Crippen LogP contribution in [0.15, 0.2) is 18.2 Å². The zero-order valence-electron chi connectivity index (χ0n) is 9.87. The van der Waals surface area contributed by atoms with Gasteiger partial charge in [-0.1, -0.05) is 13.8 Å². The van der Waals surface area contributed by atoms with Crippen LogP contribution in [0.1, 0.15) is 13.8 Å². The summed E-state index contributed by atoms with van der Waals surface area (Å²) in [4.78, 5) is 10.5. The highest BCUT2D eigenvalue weighted by atomic mass is 127. The van der Waals surface area contributed by atoms with Gasteiger partial charge in [0.1, 0.15) is 5.69 Å². The average Bonchev–Trinajstić information content (AvgIpc) is 2.25. The van der Waals surface area contributed by atoms with Crippen LogP contribution in [-0.2, 0) is 0 Å². The van der Waals surface area contributed by atoms with Crippen LogP contribution in [-0.4, -0.2) is 24.1 Å². The van der Waals surface area contributed by atoms with E-state index in [1.165, 1.54) is 0 Å². The molecule has 94 valence electrons. The summed E-state index contributed by atoms with van der Waals surface area (Å²) < 4.78 is 0.861. The Labute approximate surface area is 114 Å². The molecule has 0 saturated carbocycles. The zero-order valence-corrected chi connectivity index (χ0v) is 12.0. The Morgan fingerprint density at radius 3 is 2.71 bits per heavy atom. The highest BCUT2D eigenvalue weighted by Crippen LogP contribution is 2.25. The predicted molar refractivity (Wildman–Crippen MR) is 77.4 cm³/mol. The van der Waals surface area contributed by atoms with Crippen LogP contribution >= 0.6 is 22.6 Å². The summed E-state index contributed by atoms with van der Waals surface area (Å²) in [6, 6.07) is 5.59. The van der Waals surface area contributed by atoms with Crippen molar-refractivity contribution in [1.29, 1.82) is 0 Å². The van der Waals surface area contributed by atoms with Crippen LogP contribution in [0.4, 0.5) is 11.4 Å². The molecule has 0 radical (unpaired) electrons. The van der Waals surface area contributed by atoms with E-state index >= 15 is 0 Å². The lowest BCUT2D eigenvalue weighted by atomic mass is 10.2. The van der Waals surface area contributed by atoms with E-state index in [4.69, 9.17) is 0 Å². The Bertz CT molecular complexity index is 396. The molecule has 0 atom stereocenters. The molecule has 1 rings (SSSR count). The van der Waals surface area contributed by atoms with Gasteiger partial charge in [-0.2, -0.15) is 0 Å². The van der Waals surface area contributed by atoms with Gasteiger partial charge in [-0.15, -0.1) is 0 Å². The fourth-order valence-corrected chi connectivity index (χ4v) is 1.84. The molecule has 0 bridgehead atoms. The summed E-state index contributed by atoms with van der Waals surface area (Å²) in [5.41, 5.74) is 0.697. The fourth-order valence-electron chi connectivity index (χ4n) is 1.36. The highest BCUT2D eigenvalue weighted by Gasteiger charge is 2.13. The number of anilines is 1. The average molecular weight is 349 g/mol. The van der Waals surface area contributed by atoms with E-state index in [2.05, 4.69) is 47.1 Å². The number of hydrogen-bond acceptors (Lipinski definition) is 4. The van der Waals surface area contributed by atoms with Gasteiger partial charge < -0.3 is 10.6 Å². The Morgan fingerprint density at radius 2 is 2.12 bits per heavy atom. The van der Waals surface area contributed by atoms with E-state index in [-0.39, 0.29) is 10.6 Å². The second-order valence-electron chi connectivity index (χ2n) is 3.95. The summed E-state index contributed by atoms with van der Waals surface area (Å²) in [6.45, 7) is 5.57. The number of nitro benzene ring substituents is 1. The van der Waals surface area contributed by atoms with Crippen LogP contribution in [0.3, 0.4) is 0 Å². The van der Waals surface area contributed by atoms with Crippen molar-refractivity contribution in [2.75, 3.05) is 18.4 Å². The lowest BCUT2D eigenvalue weighted by Gasteiger charge is -2.10. The molecule has 0 spiro atoms. The van der Waals surface area contributed by atoms with E-state index in [1.54, 1.807) is 12.1 Å². The maximum Gasteiger partial charge on any atom is 0.293 e. The first-order valence-corrected chi connectivity index (χ1v) is 6.50. The van der Waals surface area contributed by atoms with Gasteiger partial charge in [-0.25, -0.2) is 0 Å². The quantitative estimate of drug-likeness (QED) is 0.359. The van der Waals surface area contributed by atoms with Crippen LogP contribution in [0.5, 0.6) is 0 Å². The minimum atomic E-state index is -0.361. The number of benzene rings is 1. The number of nitro groups is 1. The zero-order chi connectivity index (χ0) is 12.8. The highest BCUT2D eigenvalue weighted by molar-refractivity contribution is 14.1. The lowest BCUT2D eigenvalue weighted by Crippen LogP contribution is -2.28. The summed E-state index contributed by atoms with van der Waals surface area (Å²) in [5, 5.41) is 17.2. The van der Waals surface area contributed by atoms with Gasteiger partial charge in [0.15, 0.2) is 0 Å². The number of halogens is 1. The summed E-state index contributed by atoms with van der Waals surface area (Å²) in [7, 11) is 0. The van der Waals surface area contributed by atoms with Crippen LogP contribution < -0.4 is 10.6 Å². The third kappa shape index (κ3) is 4.86. The molecule has 2 N–H and O–H groups in total. The number of nitrogens with zero attached hydrogens (tertiary/aromatic N) is 1. The van der Waals surface area contributed by atoms with E-state index in [9.17, 15) is 10.1 Å². The summed E-state index contributed by atoms with van der Waals surface area (Å²) in [6.07, 6.45) is 0. The topological polar surface area (TPSA) is 67.2 Å². The second-order valence-corrected chi connectivity index (χ2v) is 5.20. The smallest absolute Gasteiger partial charge is 0.293 e. The predicted octanol–water partition coefficient (Wildman–Crippen LogP) is 2.61. The van der Waals surface area contributed by atoms with Crippen molar-refractivity contribution in [1.82, 2.24) is 5.32 Å².